The Hall–Kier alpha value is -2.83. The molecule has 2 fully saturated rings. The van der Waals surface area contributed by atoms with E-state index in [0.29, 0.717) is 32.5 Å². The van der Waals surface area contributed by atoms with Crippen molar-refractivity contribution in [1.29, 1.82) is 0 Å². The highest BCUT2D eigenvalue weighted by Crippen LogP contribution is 2.39. The number of piperidine rings is 2. The van der Waals surface area contributed by atoms with Crippen LogP contribution in [0.15, 0.2) is 36.8 Å². The third-order valence-corrected chi connectivity index (χ3v) is 6.01. The Balaban J connectivity index is 1.43. The highest BCUT2D eigenvalue weighted by Gasteiger charge is 2.42. The lowest BCUT2D eigenvalue weighted by atomic mass is 9.73. The number of carbonyl (C=O) groups excluding carboxylic acids is 2. The number of aromatic nitrogens is 3. The maximum atomic E-state index is 12.8. The quantitative estimate of drug-likeness (QED) is 0.795. The van der Waals surface area contributed by atoms with Crippen LogP contribution in [-0.2, 0) is 22.6 Å². The van der Waals surface area contributed by atoms with Gasteiger partial charge in [0, 0.05) is 49.6 Å². The lowest BCUT2D eigenvalue weighted by Crippen LogP contribution is -2.55. The summed E-state index contributed by atoms with van der Waals surface area (Å²) in [6.07, 6.45) is 8.92. The van der Waals surface area contributed by atoms with E-state index in [9.17, 15) is 9.59 Å². The molecule has 0 aliphatic carbocycles. The molecule has 0 N–H and O–H groups in total. The van der Waals surface area contributed by atoms with E-state index in [1.165, 1.54) is 0 Å². The lowest BCUT2D eigenvalue weighted by molar-refractivity contribution is -0.143. The van der Waals surface area contributed by atoms with E-state index in [-0.39, 0.29) is 17.2 Å². The minimum atomic E-state index is -0.0237. The van der Waals surface area contributed by atoms with Crippen molar-refractivity contribution in [3.05, 3.63) is 53.9 Å². The van der Waals surface area contributed by atoms with Crippen LogP contribution in [0.3, 0.4) is 0 Å². The summed E-state index contributed by atoms with van der Waals surface area (Å²) in [5, 5.41) is 0. The number of carbonyl (C=O) groups is 2. The second kappa shape index (κ2) is 8.27. The Kier molecular flexibility index (Phi) is 5.56. The SMILES string of the molecule is Cc1cnc(CN2CC3(CCCN(C(=O)Cc4ccccn4)C3)CCC2=O)cn1. The van der Waals surface area contributed by atoms with Crippen LogP contribution in [0.25, 0.3) is 0 Å². The number of likely N-dealkylation sites (tertiary alicyclic amines) is 2. The van der Waals surface area contributed by atoms with Gasteiger partial charge in [-0.15, -0.1) is 0 Å². The zero-order valence-electron chi connectivity index (χ0n) is 16.9. The second-order valence-corrected chi connectivity index (χ2v) is 8.32. The minimum absolute atomic E-state index is 0.0237. The summed E-state index contributed by atoms with van der Waals surface area (Å²) in [6, 6.07) is 5.66. The summed E-state index contributed by atoms with van der Waals surface area (Å²) in [5.74, 6) is 0.283. The number of aryl methyl sites for hydroxylation is 1. The Morgan fingerprint density at radius 2 is 2.00 bits per heavy atom. The molecule has 29 heavy (non-hydrogen) atoms. The third kappa shape index (κ3) is 4.60. The number of hydrogen-bond donors (Lipinski definition) is 0. The first kappa shape index (κ1) is 19.5. The molecule has 2 aromatic rings. The Morgan fingerprint density at radius 1 is 1.10 bits per heavy atom. The Labute approximate surface area is 171 Å². The average Bonchev–Trinajstić information content (AvgIpc) is 2.73. The molecule has 4 rings (SSSR count). The van der Waals surface area contributed by atoms with Crippen LogP contribution in [-0.4, -0.2) is 56.2 Å². The molecule has 0 aromatic carbocycles. The molecular weight excluding hydrogens is 366 g/mol. The molecule has 2 amide bonds. The van der Waals surface area contributed by atoms with Gasteiger partial charge in [0.2, 0.25) is 11.8 Å². The van der Waals surface area contributed by atoms with E-state index in [1.807, 2.05) is 34.9 Å². The van der Waals surface area contributed by atoms with E-state index in [4.69, 9.17) is 0 Å². The second-order valence-electron chi connectivity index (χ2n) is 8.32. The fourth-order valence-corrected chi connectivity index (χ4v) is 4.47. The van der Waals surface area contributed by atoms with Crippen molar-refractivity contribution in [3.63, 3.8) is 0 Å². The number of rotatable bonds is 4. The van der Waals surface area contributed by atoms with Gasteiger partial charge in [0.05, 0.1) is 30.6 Å². The molecule has 4 heterocycles. The first-order chi connectivity index (χ1) is 14.0. The average molecular weight is 393 g/mol. The molecule has 2 saturated heterocycles. The molecule has 7 nitrogen and oxygen atoms in total. The lowest BCUT2D eigenvalue weighted by Gasteiger charge is -2.48. The van der Waals surface area contributed by atoms with Gasteiger partial charge in [-0.2, -0.15) is 0 Å². The van der Waals surface area contributed by atoms with E-state index >= 15 is 0 Å². The topological polar surface area (TPSA) is 79.3 Å². The van der Waals surface area contributed by atoms with E-state index in [2.05, 4.69) is 15.0 Å². The van der Waals surface area contributed by atoms with Crippen LogP contribution in [0, 0.1) is 12.3 Å². The van der Waals surface area contributed by atoms with E-state index in [0.717, 1.165) is 42.9 Å². The number of nitrogens with zero attached hydrogens (tertiary/aromatic N) is 5. The van der Waals surface area contributed by atoms with Crippen molar-refractivity contribution in [1.82, 2.24) is 24.8 Å². The predicted molar refractivity (Wildman–Crippen MR) is 108 cm³/mol. The zero-order valence-corrected chi connectivity index (χ0v) is 16.9. The van der Waals surface area contributed by atoms with Gasteiger partial charge >= 0.3 is 0 Å². The van der Waals surface area contributed by atoms with Crippen molar-refractivity contribution in [3.8, 4) is 0 Å². The van der Waals surface area contributed by atoms with Gasteiger partial charge in [-0.25, -0.2) is 0 Å². The van der Waals surface area contributed by atoms with E-state index < -0.39 is 0 Å². The largest absolute Gasteiger partial charge is 0.342 e. The molecule has 2 aromatic heterocycles. The highest BCUT2D eigenvalue weighted by atomic mass is 16.2. The van der Waals surface area contributed by atoms with Gasteiger partial charge < -0.3 is 9.80 Å². The van der Waals surface area contributed by atoms with Crippen LogP contribution in [0.5, 0.6) is 0 Å². The van der Waals surface area contributed by atoms with Crippen LogP contribution in [0.1, 0.15) is 42.8 Å². The molecule has 2 aliphatic heterocycles. The van der Waals surface area contributed by atoms with Crippen LogP contribution in [0.4, 0.5) is 0 Å². The van der Waals surface area contributed by atoms with Crippen molar-refractivity contribution in [2.24, 2.45) is 5.41 Å². The van der Waals surface area contributed by atoms with Gasteiger partial charge in [0.1, 0.15) is 0 Å². The molecular formula is C22H27N5O2. The molecule has 7 heteroatoms. The van der Waals surface area contributed by atoms with Crippen LogP contribution >= 0.6 is 0 Å². The summed E-state index contributed by atoms with van der Waals surface area (Å²) in [7, 11) is 0. The maximum Gasteiger partial charge on any atom is 0.228 e. The third-order valence-electron chi connectivity index (χ3n) is 6.01. The smallest absolute Gasteiger partial charge is 0.228 e. The molecule has 0 bridgehead atoms. The highest BCUT2D eigenvalue weighted by molar-refractivity contribution is 5.79. The summed E-state index contributed by atoms with van der Waals surface area (Å²) < 4.78 is 0. The zero-order chi connectivity index (χ0) is 20.3. The van der Waals surface area contributed by atoms with Gasteiger partial charge in [-0.05, 0) is 38.3 Å². The van der Waals surface area contributed by atoms with Crippen LogP contribution < -0.4 is 0 Å². The predicted octanol–water partition coefficient (Wildman–Crippen LogP) is 2.15. The molecule has 1 unspecified atom stereocenters. The van der Waals surface area contributed by atoms with Crippen molar-refractivity contribution < 1.29 is 9.59 Å². The van der Waals surface area contributed by atoms with Gasteiger partial charge in [-0.3, -0.25) is 24.5 Å². The molecule has 152 valence electrons. The first-order valence-corrected chi connectivity index (χ1v) is 10.3. The normalized spacial score (nSPS) is 22.2. The van der Waals surface area contributed by atoms with E-state index in [1.54, 1.807) is 18.6 Å². The summed E-state index contributed by atoms with van der Waals surface area (Å²) in [5.41, 5.74) is 2.45. The Morgan fingerprint density at radius 3 is 2.76 bits per heavy atom. The fourth-order valence-electron chi connectivity index (χ4n) is 4.47. The molecule has 1 spiro atoms. The van der Waals surface area contributed by atoms with Crippen molar-refractivity contribution in [2.75, 3.05) is 19.6 Å². The first-order valence-electron chi connectivity index (χ1n) is 10.3. The maximum absolute atomic E-state index is 12.8. The molecule has 0 radical (unpaired) electrons. The number of hydrogen-bond acceptors (Lipinski definition) is 5. The number of amides is 2. The van der Waals surface area contributed by atoms with Crippen molar-refractivity contribution in [2.45, 2.75) is 45.6 Å². The van der Waals surface area contributed by atoms with Gasteiger partial charge in [0.15, 0.2) is 0 Å². The fraction of sp³-hybridized carbons (Fsp3) is 0.500. The monoisotopic (exact) mass is 393 g/mol. The summed E-state index contributed by atoms with van der Waals surface area (Å²) in [6.45, 7) is 4.55. The molecule has 2 aliphatic rings. The minimum Gasteiger partial charge on any atom is -0.342 e. The van der Waals surface area contributed by atoms with Gasteiger partial charge in [-0.1, -0.05) is 6.07 Å². The van der Waals surface area contributed by atoms with Crippen LogP contribution in [0.2, 0.25) is 0 Å². The molecule has 1 atom stereocenters. The number of pyridine rings is 1. The molecule has 0 saturated carbocycles. The Bertz CT molecular complexity index is 871. The van der Waals surface area contributed by atoms with Gasteiger partial charge in [0.25, 0.3) is 0 Å². The van der Waals surface area contributed by atoms with Crippen molar-refractivity contribution >= 4 is 11.8 Å². The standard InChI is InChI=1S/C22H27N5O2/c1-17-12-25-19(13-24-17)14-27-16-22(8-6-20(27)28)7-4-10-26(15-22)21(29)11-18-5-2-3-9-23-18/h2-3,5,9,12-13H,4,6-8,10-11,14-16H2,1H3. The summed E-state index contributed by atoms with van der Waals surface area (Å²) in [4.78, 5) is 42.2. The summed E-state index contributed by atoms with van der Waals surface area (Å²) >= 11 is 0.